The van der Waals surface area contributed by atoms with Gasteiger partial charge in [0.2, 0.25) is 10.0 Å². The lowest BCUT2D eigenvalue weighted by Gasteiger charge is -2.18. The molecule has 1 fully saturated rings. The molecule has 0 radical (unpaired) electrons. The van der Waals surface area contributed by atoms with Crippen LogP contribution in [0.5, 0.6) is 0 Å². The van der Waals surface area contributed by atoms with Crippen molar-refractivity contribution in [2.24, 2.45) is 0 Å². The van der Waals surface area contributed by atoms with Crippen LogP contribution in [0.2, 0.25) is 0 Å². The molecular formula is C17H16F2N2O3S. The molecule has 1 amide bonds. The molecule has 1 heterocycles. The molecule has 0 aromatic heterocycles. The number of hydrogen-bond donors (Lipinski definition) is 1. The van der Waals surface area contributed by atoms with E-state index in [9.17, 15) is 22.0 Å². The lowest BCUT2D eigenvalue weighted by molar-refractivity contribution is 0.101. The fourth-order valence-electron chi connectivity index (χ4n) is 2.77. The van der Waals surface area contributed by atoms with Crippen LogP contribution in [0.3, 0.4) is 0 Å². The number of carbonyl (C=O) groups is 1. The van der Waals surface area contributed by atoms with Gasteiger partial charge in [-0.15, -0.1) is 0 Å². The fraction of sp³-hybridized carbons (Fsp3) is 0.235. The molecular weight excluding hydrogens is 350 g/mol. The number of halogens is 2. The van der Waals surface area contributed by atoms with E-state index in [0.29, 0.717) is 29.9 Å². The zero-order valence-electron chi connectivity index (χ0n) is 13.4. The Bertz CT molecular complexity index is 925. The second kappa shape index (κ2) is 6.44. The molecule has 1 N–H and O–H groups in total. The Labute approximate surface area is 144 Å². The topological polar surface area (TPSA) is 66.5 Å². The highest BCUT2D eigenvalue weighted by molar-refractivity contribution is 7.93. The van der Waals surface area contributed by atoms with E-state index in [1.54, 1.807) is 19.1 Å². The zero-order valence-corrected chi connectivity index (χ0v) is 14.2. The summed E-state index contributed by atoms with van der Waals surface area (Å²) in [4.78, 5) is 12.2. The van der Waals surface area contributed by atoms with E-state index in [1.165, 1.54) is 16.4 Å². The molecule has 0 unspecified atom stereocenters. The van der Waals surface area contributed by atoms with Gasteiger partial charge in [-0.3, -0.25) is 9.10 Å². The maximum absolute atomic E-state index is 13.7. The van der Waals surface area contributed by atoms with Gasteiger partial charge in [-0.05, 0) is 49.2 Å². The van der Waals surface area contributed by atoms with Crippen LogP contribution in [-0.4, -0.2) is 26.6 Å². The van der Waals surface area contributed by atoms with Gasteiger partial charge >= 0.3 is 0 Å². The predicted octanol–water partition coefficient (Wildman–Crippen LogP) is 3.07. The summed E-state index contributed by atoms with van der Waals surface area (Å²) >= 11 is 0. The highest BCUT2D eigenvalue weighted by atomic mass is 32.2. The molecule has 132 valence electrons. The third kappa shape index (κ3) is 3.34. The minimum absolute atomic E-state index is 0.108. The minimum atomic E-state index is -3.30. The number of nitrogens with zero attached hydrogens (tertiary/aromatic N) is 1. The summed E-state index contributed by atoms with van der Waals surface area (Å²) in [6.45, 7) is 2.09. The number of amides is 1. The van der Waals surface area contributed by atoms with E-state index in [4.69, 9.17) is 0 Å². The smallest absolute Gasteiger partial charge is 0.261 e. The first-order valence-electron chi connectivity index (χ1n) is 7.66. The number of benzene rings is 2. The lowest BCUT2D eigenvalue weighted by atomic mass is 10.1. The Morgan fingerprint density at radius 2 is 1.84 bits per heavy atom. The van der Waals surface area contributed by atoms with E-state index in [0.717, 1.165) is 12.1 Å². The van der Waals surface area contributed by atoms with Gasteiger partial charge in [0, 0.05) is 12.2 Å². The summed E-state index contributed by atoms with van der Waals surface area (Å²) in [6, 6.07) is 7.89. The molecule has 2 aromatic carbocycles. The molecule has 1 saturated heterocycles. The van der Waals surface area contributed by atoms with Crippen LogP contribution in [-0.2, 0) is 10.0 Å². The van der Waals surface area contributed by atoms with Crippen LogP contribution in [0.25, 0.3) is 0 Å². The maximum atomic E-state index is 13.7. The van der Waals surface area contributed by atoms with Gasteiger partial charge in [0.1, 0.15) is 17.2 Å². The Morgan fingerprint density at radius 3 is 2.40 bits per heavy atom. The van der Waals surface area contributed by atoms with Gasteiger partial charge in [0.15, 0.2) is 0 Å². The molecule has 0 bridgehead atoms. The summed E-state index contributed by atoms with van der Waals surface area (Å²) in [6.07, 6.45) is 0.562. The monoisotopic (exact) mass is 366 g/mol. The number of aryl methyl sites for hydroxylation is 1. The van der Waals surface area contributed by atoms with Gasteiger partial charge in [0.05, 0.1) is 11.4 Å². The van der Waals surface area contributed by atoms with Crippen molar-refractivity contribution in [3.63, 3.8) is 0 Å². The van der Waals surface area contributed by atoms with Crippen LogP contribution in [0, 0.1) is 18.6 Å². The fourth-order valence-corrected chi connectivity index (χ4v) is 4.33. The molecule has 25 heavy (non-hydrogen) atoms. The van der Waals surface area contributed by atoms with Crippen LogP contribution in [0.15, 0.2) is 36.4 Å². The normalized spacial score (nSPS) is 16.0. The first kappa shape index (κ1) is 17.3. The average Bonchev–Trinajstić information content (AvgIpc) is 2.88. The van der Waals surface area contributed by atoms with E-state index in [2.05, 4.69) is 5.32 Å². The Hall–Kier alpha value is -2.48. The highest BCUT2D eigenvalue weighted by Gasteiger charge is 2.28. The Kier molecular flexibility index (Phi) is 4.47. The highest BCUT2D eigenvalue weighted by Crippen LogP contribution is 2.28. The van der Waals surface area contributed by atoms with Crippen LogP contribution >= 0.6 is 0 Å². The first-order chi connectivity index (χ1) is 11.8. The number of sulfonamides is 1. The van der Waals surface area contributed by atoms with Crippen LogP contribution in [0.4, 0.5) is 20.2 Å². The summed E-state index contributed by atoms with van der Waals surface area (Å²) in [5.74, 6) is -2.69. The van der Waals surface area contributed by atoms with Gasteiger partial charge in [0.25, 0.3) is 5.91 Å². The van der Waals surface area contributed by atoms with Crippen molar-refractivity contribution >= 4 is 27.3 Å². The van der Waals surface area contributed by atoms with E-state index >= 15 is 0 Å². The number of hydrogen-bond acceptors (Lipinski definition) is 3. The van der Waals surface area contributed by atoms with Crippen molar-refractivity contribution in [2.75, 3.05) is 21.9 Å². The molecule has 1 aliphatic heterocycles. The minimum Gasteiger partial charge on any atom is -0.322 e. The molecule has 0 aliphatic carbocycles. The average molecular weight is 366 g/mol. The quantitative estimate of drug-likeness (QED) is 0.908. The SMILES string of the molecule is Cc1cc(N2CCCS2(=O)=O)ccc1NC(=O)c1c(F)cccc1F. The van der Waals surface area contributed by atoms with Gasteiger partial charge in [-0.25, -0.2) is 17.2 Å². The summed E-state index contributed by atoms with van der Waals surface area (Å²) in [7, 11) is -3.30. The first-order valence-corrected chi connectivity index (χ1v) is 9.27. The molecule has 8 heteroatoms. The van der Waals surface area contributed by atoms with Gasteiger partial charge in [-0.1, -0.05) is 6.07 Å². The molecule has 1 aliphatic rings. The van der Waals surface area contributed by atoms with Crippen molar-refractivity contribution < 1.29 is 22.0 Å². The van der Waals surface area contributed by atoms with Crippen LogP contribution in [0.1, 0.15) is 22.3 Å². The second-order valence-corrected chi connectivity index (χ2v) is 7.80. The largest absolute Gasteiger partial charge is 0.322 e. The van der Waals surface area contributed by atoms with E-state index in [-0.39, 0.29) is 5.75 Å². The number of carbonyl (C=O) groups excluding carboxylic acids is 1. The van der Waals surface area contributed by atoms with Gasteiger partial charge < -0.3 is 5.32 Å². The summed E-state index contributed by atoms with van der Waals surface area (Å²) in [5.41, 5.74) is 0.788. The second-order valence-electron chi connectivity index (χ2n) is 5.79. The molecule has 3 rings (SSSR count). The molecule has 5 nitrogen and oxygen atoms in total. The van der Waals surface area contributed by atoms with Crippen molar-refractivity contribution in [1.29, 1.82) is 0 Å². The van der Waals surface area contributed by atoms with Crippen molar-refractivity contribution in [3.8, 4) is 0 Å². The Morgan fingerprint density at radius 1 is 1.16 bits per heavy atom. The van der Waals surface area contributed by atoms with E-state index in [1.807, 2.05) is 0 Å². The predicted molar refractivity (Wildman–Crippen MR) is 91.2 cm³/mol. The van der Waals surface area contributed by atoms with E-state index < -0.39 is 33.1 Å². The maximum Gasteiger partial charge on any atom is 0.261 e. The lowest BCUT2D eigenvalue weighted by Crippen LogP contribution is -2.25. The number of anilines is 2. The summed E-state index contributed by atoms with van der Waals surface area (Å²) in [5, 5.41) is 2.46. The standard InChI is InChI=1S/C17H16F2N2O3S/c1-11-10-12(21-8-3-9-25(21,23)24)6-7-15(11)20-17(22)16-13(18)4-2-5-14(16)19/h2,4-7,10H,3,8-9H2,1H3,(H,20,22). The molecule has 0 saturated carbocycles. The molecule has 0 atom stereocenters. The number of nitrogens with one attached hydrogen (secondary N) is 1. The Balaban J connectivity index is 1.86. The van der Waals surface area contributed by atoms with Gasteiger partial charge in [-0.2, -0.15) is 0 Å². The molecule has 0 spiro atoms. The molecule has 2 aromatic rings. The van der Waals surface area contributed by atoms with Crippen molar-refractivity contribution in [1.82, 2.24) is 0 Å². The zero-order chi connectivity index (χ0) is 18.2. The van der Waals surface area contributed by atoms with Crippen molar-refractivity contribution in [2.45, 2.75) is 13.3 Å². The third-order valence-corrected chi connectivity index (χ3v) is 5.90. The third-order valence-electron chi connectivity index (χ3n) is 4.04. The van der Waals surface area contributed by atoms with Crippen molar-refractivity contribution in [3.05, 3.63) is 59.2 Å². The number of rotatable bonds is 3. The summed E-state index contributed by atoms with van der Waals surface area (Å²) < 4.78 is 52.6. The van der Waals surface area contributed by atoms with Crippen LogP contribution < -0.4 is 9.62 Å².